The van der Waals surface area contributed by atoms with E-state index >= 15 is 0 Å². The molecule has 4 unspecified atom stereocenters. The average molecular weight is 638 g/mol. The molecular formula is C33H59N5O5S. The minimum absolute atomic E-state index is 0.0122. The van der Waals surface area contributed by atoms with E-state index in [1.807, 2.05) is 13.8 Å². The first-order chi connectivity index (χ1) is 20.9. The van der Waals surface area contributed by atoms with Crippen LogP contribution in [0, 0.1) is 52.8 Å². The van der Waals surface area contributed by atoms with E-state index in [-0.39, 0.29) is 17.4 Å². The molecule has 3 N–H and O–H groups in total. The summed E-state index contributed by atoms with van der Waals surface area (Å²) < 4.78 is 36.9. The molecule has 4 rings (SSSR count). The number of hydrogen-bond acceptors (Lipinski definition) is 7. The highest BCUT2D eigenvalue weighted by molar-refractivity contribution is 7.80. The van der Waals surface area contributed by atoms with E-state index in [9.17, 15) is 18.1 Å². The first kappa shape index (κ1) is 35.6. The zero-order chi connectivity index (χ0) is 31.9. The Morgan fingerprint density at radius 1 is 1.07 bits per heavy atom. The Bertz CT molecular complexity index is 1110. The molecule has 0 amide bonds. The van der Waals surface area contributed by atoms with Crippen LogP contribution in [-0.2, 0) is 14.6 Å². The third kappa shape index (κ3) is 8.97. The van der Waals surface area contributed by atoms with Gasteiger partial charge in [-0.05, 0) is 155 Å². The van der Waals surface area contributed by atoms with Crippen LogP contribution in [0.5, 0.6) is 0 Å². The number of unbranched alkanes of at least 4 members (excludes halogenated alkanes) is 1. The van der Waals surface area contributed by atoms with Crippen molar-refractivity contribution in [2.75, 3.05) is 26.2 Å². The fraction of sp³-hybridized carbons (Fsp3) is 0.970. The van der Waals surface area contributed by atoms with E-state index in [1.54, 1.807) is 0 Å². The maximum absolute atomic E-state index is 11.7. The van der Waals surface area contributed by atoms with Gasteiger partial charge in [0.15, 0.2) is 0 Å². The van der Waals surface area contributed by atoms with Gasteiger partial charge in [0.25, 0.3) is 0 Å². The molecule has 252 valence electrons. The molecule has 10 nitrogen and oxygen atoms in total. The molecule has 0 aromatic carbocycles. The van der Waals surface area contributed by atoms with E-state index < -0.39 is 16.5 Å². The van der Waals surface area contributed by atoms with Crippen molar-refractivity contribution in [2.45, 2.75) is 123 Å². The molecule has 0 saturated heterocycles. The molecule has 4 fully saturated rings. The molecule has 0 spiro atoms. The van der Waals surface area contributed by atoms with E-state index in [1.165, 1.54) is 37.8 Å². The quantitative estimate of drug-likeness (QED) is 0.0544. The van der Waals surface area contributed by atoms with Gasteiger partial charge < -0.3 is 10.4 Å². The minimum atomic E-state index is -4.45. The maximum Gasteiger partial charge on any atom is 0.397 e. The second-order valence-electron chi connectivity index (χ2n) is 15.1. The van der Waals surface area contributed by atoms with Crippen LogP contribution < -0.4 is 5.32 Å². The van der Waals surface area contributed by atoms with Gasteiger partial charge in [0, 0.05) is 23.7 Å². The summed E-state index contributed by atoms with van der Waals surface area (Å²) in [5.74, 6) is 3.81. The van der Waals surface area contributed by atoms with Crippen LogP contribution in [-0.4, -0.2) is 62.2 Å². The first-order valence-corrected chi connectivity index (χ1v) is 18.9. The van der Waals surface area contributed by atoms with Crippen LogP contribution in [0.15, 0.2) is 10.1 Å². The predicted molar refractivity (Wildman–Crippen MR) is 175 cm³/mol. The average Bonchev–Trinajstić information content (AvgIpc) is 3.40. The van der Waals surface area contributed by atoms with Crippen LogP contribution in [0.25, 0.3) is 10.4 Å². The largest absolute Gasteiger partial charge is 0.397 e. The maximum atomic E-state index is 11.7. The molecule has 0 heterocycles. The molecule has 10 atom stereocenters. The molecule has 4 saturated carbocycles. The van der Waals surface area contributed by atoms with Crippen molar-refractivity contribution < 1.29 is 22.3 Å². The van der Waals surface area contributed by atoms with Crippen LogP contribution in [0.4, 0.5) is 0 Å². The van der Waals surface area contributed by atoms with Crippen molar-refractivity contribution in [1.82, 2.24) is 5.32 Å². The van der Waals surface area contributed by atoms with Gasteiger partial charge in [-0.2, -0.15) is 8.42 Å². The Hall–Kier alpha value is -1.23. The molecule has 0 aliphatic heterocycles. The van der Waals surface area contributed by atoms with Gasteiger partial charge in [-0.1, -0.05) is 32.8 Å². The summed E-state index contributed by atoms with van der Waals surface area (Å²) >= 11 is 0. The van der Waals surface area contributed by atoms with Gasteiger partial charge in [-0.15, -0.1) is 0 Å². The molecule has 4 aliphatic carbocycles. The Morgan fingerprint density at radius 3 is 2.55 bits per heavy atom. The summed E-state index contributed by atoms with van der Waals surface area (Å²) in [6, 6.07) is 0. The van der Waals surface area contributed by atoms with E-state index in [0.29, 0.717) is 54.4 Å². The van der Waals surface area contributed by atoms with Gasteiger partial charge in [0.2, 0.25) is 0 Å². The number of fused-ring (bicyclic) bond motifs is 5. The van der Waals surface area contributed by atoms with Crippen molar-refractivity contribution in [3.05, 3.63) is 10.4 Å². The summed E-state index contributed by atoms with van der Waals surface area (Å²) in [5.41, 5.74) is 9.97. The lowest BCUT2D eigenvalue weighted by Gasteiger charge is -2.60. The van der Waals surface area contributed by atoms with Crippen molar-refractivity contribution >= 4 is 16.1 Å². The number of nitrogens with one attached hydrogen (secondary N) is 1. The predicted octanol–water partition coefficient (Wildman–Crippen LogP) is 7.00. The molecule has 0 aromatic rings. The van der Waals surface area contributed by atoms with Crippen LogP contribution in [0.1, 0.15) is 111 Å². The number of nitrogens with zero attached hydrogens (tertiary/aromatic N) is 4. The smallest absolute Gasteiger partial charge is 0.393 e. The molecular weight excluding hydrogens is 578 g/mol. The standard InChI is InChI=1S/C33H59N5O5S/c1-22(2)31(43-44(40,41)42)13-8-23(3)26-9-10-28-27(26)11-12-29-32(28)30(39)21-24-20-25(14-15-33(24,29)4)36-18-7-17-35-16-5-6-19-37-38-34/h22-24,26-32,35,39H,5-21H2,1-4H3,(H,40,41,42)/b36-25+/t23-,24-,26-,27?,28?,29?,30-,31-,32?,33+/m1/s1. The lowest BCUT2D eigenvalue weighted by Crippen LogP contribution is -2.56. The van der Waals surface area contributed by atoms with Gasteiger partial charge >= 0.3 is 10.4 Å². The Balaban J connectivity index is 1.27. The van der Waals surface area contributed by atoms with Crippen LogP contribution in [0.2, 0.25) is 0 Å². The number of azide groups is 1. The number of aliphatic imine (C=N–C) groups is 1. The Morgan fingerprint density at radius 2 is 1.82 bits per heavy atom. The van der Waals surface area contributed by atoms with Gasteiger partial charge in [-0.25, -0.2) is 4.18 Å². The summed E-state index contributed by atoms with van der Waals surface area (Å²) in [6.07, 6.45) is 12.8. The topological polar surface area (TPSA) is 157 Å². The monoisotopic (exact) mass is 637 g/mol. The molecule has 0 aromatic heterocycles. The summed E-state index contributed by atoms with van der Waals surface area (Å²) in [7, 11) is -4.45. The zero-order valence-electron chi connectivity index (χ0n) is 27.6. The van der Waals surface area contributed by atoms with Gasteiger partial charge in [-0.3, -0.25) is 9.55 Å². The fourth-order valence-corrected chi connectivity index (χ4v) is 10.6. The van der Waals surface area contributed by atoms with Crippen molar-refractivity contribution in [1.29, 1.82) is 0 Å². The summed E-state index contributed by atoms with van der Waals surface area (Å²) in [6.45, 7) is 12.1. The van der Waals surface area contributed by atoms with Crippen molar-refractivity contribution in [3.63, 3.8) is 0 Å². The van der Waals surface area contributed by atoms with Crippen LogP contribution >= 0.6 is 0 Å². The molecule has 11 heteroatoms. The number of aliphatic hydroxyl groups is 1. The molecule has 44 heavy (non-hydrogen) atoms. The fourth-order valence-electron chi connectivity index (χ4n) is 9.93. The minimum Gasteiger partial charge on any atom is -0.393 e. The van der Waals surface area contributed by atoms with Crippen molar-refractivity contribution in [2.24, 2.45) is 62.9 Å². The number of hydrogen-bond donors (Lipinski definition) is 3. The molecule has 4 aliphatic rings. The highest BCUT2D eigenvalue weighted by atomic mass is 32.3. The van der Waals surface area contributed by atoms with Crippen molar-refractivity contribution in [3.8, 4) is 0 Å². The Labute approximate surface area is 266 Å². The molecule has 0 bridgehead atoms. The second-order valence-corrected chi connectivity index (χ2v) is 16.2. The third-order valence-electron chi connectivity index (χ3n) is 12.3. The SMILES string of the molecule is CC(C)[C@@H](CC[C@@H](C)[C@H]1CCC2C3C(CCC21)[C@@]1(C)CC/C(=N\CCCNCCCCN=[N+]=[N-])C[C@@H]1C[C@H]3O)OS(=O)(=O)O. The first-order valence-electron chi connectivity index (χ1n) is 17.5. The lowest BCUT2D eigenvalue weighted by molar-refractivity contribution is -0.137. The third-order valence-corrected chi connectivity index (χ3v) is 12.8. The highest BCUT2D eigenvalue weighted by Gasteiger charge is 2.59. The normalized spacial score (nSPS) is 35.9. The van der Waals surface area contributed by atoms with E-state index in [4.69, 9.17) is 14.7 Å². The second kappa shape index (κ2) is 16.1. The van der Waals surface area contributed by atoms with Gasteiger partial charge in [0.05, 0.1) is 12.2 Å². The lowest BCUT2D eigenvalue weighted by atomic mass is 9.46. The van der Waals surface area contributed by atoms with E-state index in [0.717, 1.165) is 64.6 Å². The van der Waals surface area contributed by atoms with Gasteiger partial charge in [0.1, 0.15) is 0 Å². The molecule has 0 radical (unpaired) electrons. The summed E-state index contributed by atoms with van der Waals surface area (Å²) in [5, 5.41) is 18.7. The Kier molecular flexibility index (Phi) is 13.0. The van der Waals surface area contributed by atoms with E-state index in [2.05, 4.69) is 29.2 Å². The van der Waals surface area contributed by atoms with Crippen LogP contribution in [0.3, 0.4) is 0 Å². The zero-order valence-corrected chi connectivity index (χ0v) is 28.4. The number of aliphatic hydroxyl groups excluding tert-OH is 1. The highest BCUT2D eigenvalue weighted by Crippen LogP contribution is 2.64. The summed E-state index contributed by atoms with van der Waals surface area (Å²) in [4.78, 5) is 7.81. The number of rotatable bonds is 16.